The highest BCUT2D eigenvalue weighted by Gasteiger charge is 2.29. The molecule has 0 bridgehead atoms. The lowest BCUT2D eigenvalue weighted by Crippen LogP contribution is -2.48. The van der Waals surface area contributed by atoms with Crippen molar-refractivity contribution in [1.82, 2.24) is 24.2 Å². The Kier molecular flexibility index (Phi) is 9.28. The summed E-state index contributed by atoms with van der Waals surface area (Å²) < 4.78 is 33.3. The lowest BCUT2D eigenvalue weighted by atomic mass is 10.1. The van der Waals surface area contributed by atoms with Gasteiger partial charge in [0.1, 0.15) is 0 Å². The largest absolute Gasteiger partial charge is 0.343 e. The van der Waals surface area contributed by atoms with Gasteiger partial charge in [0.25, 0.3) is 0 Å². The van der Waals surface area contributed by atoms with E-state index in [9.17, 15) is 13.2 Å². The molecule has 2 aliphatic rings. The number of carbonyl (C=O) groups is 1. The molecule has 9 nitrogen and oxygen atoms in total. The Bertz CT molecular complexity index is 1020. The molecule has 2 saturated heterocycles. The quantitative estimate of drug-likeness (QED) is 0.512. The van der Waals surface area contributed by atoms with Crippen LogP contribution in [-0.2, 0) is 27.8 Å². The highest BCUT2D eigenvalue weighted by molar-refractivity contribution is 9.10. The Hall–Kier alpha value is -1.53. The van der Waals surface area contributed by atoms with Crippen molar-refractivity contribution in [3.63, 3.8) is 0 Å². The van der Waals surface area contributed by atoms with E-state index in [-0.39, 0.29) is 18.3 Å². The van der Waals surface area contributed by atoms with Crippen LogP contribution in [0.4, 0.5) is 0 Å². The third-order valence-corrected chi connectivity index (χ3v) is 8.36. The van der Waals surface area contributed by atoms with E-state index in [2.05, 4.69) is 31.0 Å². The van der Waals surface area contributed by atoms with Gasteiger partial charge >= 0.3 is 0 Å². The van der Waals surface area contributed by atoms with Gasteiger partial charge in [-0.1, -0.05) is 21.1 Å². The molecule has 33 heavy (non-hydrogen) atoms. The van der Waals surface area contributed by atoms with Crippen LogP contribution in [0.5, 0.6) is 0 Å². The van der Waals surface area contributed by atoms with Gasteiger partial charge in [-0.15, -0.1) is 12.4 Å². The molecule has 0 saturated carbocycles. The van der Waals surface area contributed by atoms with Gasteiger partial charge in [0, 0.05) is 56.6 Å². The van der Waals surface area contributed by atoms with E-state index in [1.54, 1.807) is 24.3 Å². The number of amides is 1. The average Bonchev–Trinajstić information content (AvgIpc) is 3.26. The predicted octanol–water partition coefficient (Wildman–Crippen LogP) is 2.71. The van der Waals surface area contributed by atoms with Crippen LogP contribution in [0.3, 0.4) is 0 Å². The fourth-order valence-electron chi connectivity index (χ4n) is 4.05. The maximum Gasteiger partial charge on any atom is 0.243 e. The zero-order valence-corrected chi connectivity index (χ0v) is 21.6. The van der Waals surface area contributed by atoms with Gasteiger partial charge < -0.3 is 9.42 Å². The van der Waals surface area contributed by atoms with Crippen LogP contribution in [-0.4, -0.2) is 77.8 Å². The van der Waals surface area contributed by atoms with E-state index in [0.29, 0.717) is 62.2 Å². The number of benzene rings is 1. The van der Waals surface area contributed by atoms with Crippen LogP contribution in [0.25, 0.3) is 0 Å². The number of aromatic nitrogens is 2. The lowest BCUT2D eigenvalue weighted by molar-refractivity contribution is -0.132. The number of halogens is 2. The summed E-state index contributed by atoms with van der Waals surface area (Å²) in [6, 6.07) is 6.69. The number of sulfonamides is 1. The molecule has 1 aromatic heterocycles. The van der Waals surface area contributed by atoms with Gasteiger partial charge in [-0.3, -0.25) is 9.69 Å². The molecule has 1 amide bonds. The van der Waals surface area contributed by atoms with Crippen molar-refractivity contribution >= 4 is 44.3 Å². The van der Waals surface area contributed by atoms with E-state index in [4.69, 9.17) is 4.52 Å². The molecule has 0 radical (unpaired) electrons. The first kappa shape index (κ1) is 26.1. The monoisotopic (exact) mass is 561 g/mol. The summed E-state index contributed by atoms with van der Waals surface area (Å²) in [5.41, 5.74) is 0. The topological polar surface area (TPSA) is 99.9 Å². The summed E-state index contributed by atoms with van der Waals surface area (Å²) in [6.45, 7) is 4.19. The van der Waals surface area contributed by atoms with E-state index in [1.807, 2.05) is 4.90 Å². The molecule has 182 valence electrons. The van der Waals surface area contributed by atoms with E-state index in [1.165, 1.54) is 10.7 Å². The van der Waals surface area contributed by atoms with E-state index < -0.39 is 10.0 Å². The number of piperazine rings is 1. The van der Waals surface area contributed by atoms with Crippen molar-refractivity contribution in [1.29, 1.82) is 0 Å². The third-order valence-electron chi connectivity index (χ3n) is 5.92. The Balaban J connectivity index is 0.00000306. The highest BCUT2D eigenvalue weighted by atomic mass is 79.9. The number of aryl methyl sites for hydroxylation is 1. The van der Waals surface area contributed by atoms with Crippen LogP contribution in [0.1, 0.15) is 37.4 Å². The van der Waals surface area contributed by atoms with Crippen LogP contribution in [0, 0.1) is 0 Å². The van der Waals surface area contributed by atoms with Gasteiger partial charge in [-0.2, -0.15) is 9.29 Å². The highest BCUT2D eigenvalue weighted by Crippen LogP contribution is 2.20. The van der Waals surface area contributed by atoms with Gasteiger partial charge in [-0.25, -0.2) is 8.42 Å². The SMILES string of the molecule is Cl.O=C(CCc1nc(CN2CCN(S(=O)(=O)c3ccc(Br)cc3)CC2)no1)N1CCCCC1. The van der Waals surface area contributed by atoms with Gasteiger partial charge in [0.05, 0.1) is 11.4 Å². The summed E-state index contributed by atoms with van der Waals surface area (Å²) in [5, 5.41) is 4.04. The molecule has 12 heteroatoms. The standard InChI is InChI=1S/C21H28BrN5O4S.ClH/c22-17-4-6-18(7-5-17)32(29,30)27-14-12-25(13-15-27)16-19-23-20(31-24-19)8-9-21(28)26-10-2-1-3-11-26;/h4-7H,1-3,8-16H2;1H. The fourth-order valence-corrected chi connectivity index (χ4v) is 5.74. The minimum Gasteiger partial charge on any atom is -0.343 e. The van der Waals surface area contributed by atoms with Crippen molar-refractivity contribution in [3.8, 4) is 0 Å². The molecule has 3 heterocycles. The molecule has 2 aromatic rings. The van der Waals surface area contributed by atoms with Crippen molar-refractivity contribution < 1.29 is 17.7 Å². The molecule has 0 spiro atoms. The second-order valence-corrected chi connectivity index (χ2v) is 11.0. The Morgan fingerprint density at radius 3 is 2.33 bits per heavy atom. The molecular weight excluding hydrogens is 534 g/mol. The summed E-state index contributed by atoms with van der Waals surface area (Å²) in [7, 11) is -3.50. The molecule has 2 fully saturated rings. The zero-order chi connectivity index (χ0) is 22.6. The first-order valence-corrected chi connectivity index (χ1v) is 13.2. The van der Waals surface area contributed by atoms with Crippen molar-refractivity contribution in [2.75, 3.05) is 39.3 Å². The minimum absolute atomic E-state index is 0. The number of hydrogen-bond donors (Lipinski definition) is 0. The molecular formula is C21H29BrClN5O4S. The minimum atomic E-state index is -3.50. The number of piperidine rings is 1. The summed E-state index contributed by atoms with van der Waals surface area (Å²) in [5.74, 6) is 1.18. The van der Waals surface area contributed by atoms with E-state index >= 15 is 0 Å². The summed E-state index contributed by atoms with van der Waals surface area (Å²) in [4.78, 5) is 21.0. The molecule has 0 unspecified atom stereocenters. The number of hydrogen-bond acceptors (Lipinski definition) is 7. The van der Waals surface area contributed by atoms with Crippen molar-refractivity contribution in [2.24, 2.45) is 0 Å². The Labute approximate surface area is 209 Å². The van der Waals surface area contributed by atoms with Gasteiger partial charge in [0.15, 0.2) is 5.82 Å². The summed E-state index contributed by atoms with van der Waals surface area (Å²) in [6.07, 6.45) is 4.18. The van der Waals surface area contributed by atoms with Crippen LogP contribution in [0.15, 0.2) is 38.2 Å². The smallest absolute Gasteiger partial charge is 0.243 e. The summed E-state index contributed by atoms with van der Waals surface area (Å²) >= 11 is 3.33. The van der Waals surface area contributed by atoms with Crippen LogP contribution >= 0.6 is 28.3 Å². The predicted molar refractivity (Wildman–Crippen MR) is 128 cm³/mol. The molecule has 1 aromatic carbocycles. The molecule has 4 rings (SSSR count). The second kappa shape index (κ2) is 11.7. The molecule has 0 N–H and O–H groups in total. The lowest BCUT2D eigenvalue weighted by Gasteiger charge is -2.33. The molecule has 0 atom stereocenters. The number of carbonyl (C=O) groups excluding carboxylic acids is 1. The number of nitrogens with zero attached hydrogens (tertiary/aromatic N) is 5. The maximum atomic E-state index is 12.8. The number of likely N-dealkylation sites (tertiary alicyclic amines) is 1. The zero-order valence-electron chi connectivity index (χ0n) is 18.4. The Morgan fingerprint density at radius 2 is 1.67 bits per heavy atom. The molecule has 0 aliphatic carbocycles. The Morgan fingerprint density at radius 1 is 1.00 bits per heavy atom. The average molecular weight is 563 g/mol. The fraction of sp³-hybridized carbons (Fsp3) is 0.571. The van der Waals surface area contributed by atoms with Crippen molar-refractivity contribution in [3.05, 3.63) is 40.5 Å². The number of rotatable bonds is 7. The first-order valence-electron chi connectivity index (χ1n) is 11.0. The van der Waals surface area contributed by atoms with Crippen LogP contribution in [0.2, 0.25) is 0 Å². The first-order chi connectivity index (χ1) is 15.4. The third kappa shape index (κ3) is 6.75. The van der Waals surface area contributed by atoms with E-state index in [0.717, 1.165) is 30.4 Å². The van der Waals surface area contributed by atoms with Gasteiger partial charge in [-0.05, 0) is 43.5 Å². The normalized spacial score (nSPS) is 18.2. The second-order valence-electron chi connectivity index (χ2n) is 8.18. The van der Waals surface area contributed by atoms with Gasteiger partial charge in [0.2, 0.25) is 21.8 Å². The van der Waals surface area contributed by atoms with Crippen molar-refractivity contribution in [2.45, 2.75) is 43.5 Å². The molecule has 2 aliphatic heterocycles. The van der Waals surface area contributed by atoms with Crippen LogP contribution < -0.4 is 0 Å². The maximum absolute atomic E-state index is 12.8.